The summed E-state index contributed by atoms with van der Waals surface area (Å²) in [6.07, 6.45) is 20.4. The Morgan fingerprint density at radius 3 is 2.05 bits per heavy atom. The summed E-state index contributed by atoms with van der Waals surface area (Å²) in [4.78, 5) is 0. The molecule has 5 aliphatic carbocycles. The van der Waals surface area contributed by atoms with Crippen molar-refractivity contribution in [2.24, 2.45) is 28.1 Å². The van der Waals surface area contributed by atoms with Gasteiger partial charge in [-0.1, -0.05) is 141 Å². The van der Waals surface area contributed by atoms with E-state index in [1.165, 1.54) is 45.9 Å². The fourth-order valence-corrected chi connectivity index (χ4v) is 9.20. The van der Waals surface area contributed by atoms with Crippen molar-refractivity contribution in [2.75, 3.05) is 0 Å². The van der Waals surface area contributed by atoms with E-state index in [1.807, 2.05) is 0 Å². The Balaban J connectivity index is 0.00000368. The third kappa shape index (κ3) is 4.93. The first-order valence-electron chi connectivity index (χ1n) is 16.6. The summed E-state index contributed by atoms with van der Waals surface area (Å²) < 4.78 is 0. The minimum absolute atomic E-state index is 0. The maximum atomic E-state index is 4.19. The monoisotopic (exact) mass is 649 g/mol. The molecular formula is C42H55Zr-. The third-order valence-electron chi connectivity index (χ3n) is 11.5. The van der Waals surface area contributed by atoms with E-state index in [2.05, 4.69) is 133 Å². The number of hydrogen-bond donors (Lipinski definition) is 0. The molecule has 0 nitrogen and oxygen atoms in total. The molecule has 0 amide bonds. The van der Waals surface area contributed by atoms with E-state index in [-0.39, 0.29) is 53.3 Å². The minimum Gasteiger partial charge on any atom is -0.126 e. The van der Waals surface area contributed by atoms with Gasteiger partial charge in [-0.3, -0.25) is 0 Å². The zero-order valence-electron chi connectivity index (χ0n) is 29.7. The van der Waals surface area contributed by atoms with Crippen LogP contribution in [0.25, 0.3) is 17.7 Å². The fourth-order valence-electron chi connectivity index (χ4n) is 9.20. The average Bonchev–Trinajstić information content (AvgIpc) is 3.40. The first-order chi connectivity index (χ1) is 19.2. The van der Waals surface area contributed by atoms with Crippen LogP contribution in [0.15, 0.2) is 52.2 Å². The summed E-state index contributed by atoms with van der Waals surface area (Å²) in [6, 6.07) is 0. The van der Waals surface area contributed by atoms with Crippen LogP contribution >= 0.6 is 0 Å². The van der Waals surface area contributed by atoms with Crippen LogP contribution in [-0.4, -0.2) is 0 Å². The zero-order valence-corrected chi connectivity index (χ0v) is 32.1. The number of allylic oxidation sites excluding steroid dienone is 9. The maximum absolute atomic E-state index is 4.19. The quantitative estimate of drug-likeness (QED) is 0.266. The van der Waals surface area contributed by atoms with Gasteiger partial charge in [0.2, 0.25) is 0 Å². The van der Waals surface area contributed by atoms with Gasteiger partial charge in [-0.2, -0.15) is 0 Å². The number of benzene rings is 1. The van der Waals surface area contributed by atoms with Crippen molar-refractivity contribution in [1.29, 1.82) is 0 Å². The van der Waals surface area contributed by atoms with Crippen molar-refractivity contribution in [3.05, 3.63) is 84.9 Å². The van der Waals surface area contributed by atoms with Gasteiger partial charge in [-0.05, 0) is 83.2 Å². The Hall–Kier alpha value is -1.46. The van der Waals surface area contributed by atoms with Gasteiger partial charge in [0.05, 0.1) is 0 Å². The molecule has 6 rings (SSSR count). The maximum Gasteiger partial charge on any atom is 0 e. The van der Waals surface area contributed by atoms with Gasteiger partial charge in [0.1, 0.15) is 0 Å². The molecule has 0 spiro atoms. The molecule has 0 saturated carbocycles. The summed E-state index contributed by atoms with van der Waals surface area (Å²) >= 11 is 0. The van der Waals surface area contributed by atoms with Gasteiger partial charge in [-0.15, -0.1) is 33.7 Å². The average molecular weight is 651 g/mol. The summed E-state index contributed by atoms with van der Waals surface area (Å²) in [5.41, 5.74) is 15.8. The van der Waals surface area contributed by atoms with Crippen molar-refractivity contribution in [1.82, 2.24) is 0 Å². The molecule has 2 atom stereocenters. The van der Waals surface area contributed by atoms with Gasteiger partial charge in [0.25, 0.3) is 0 Å². The first-order valence-corrected chi connectivity index (χ1v) is 16.6. The van der Waals surface area contributed by atoms with Crippen molar-refractivity contribution in [3.8, 4) is 0 Å². The molecule has 0 saturated heterocycles. The Labute approximate surface area is 282 Å². The largest absolute Gasteiger partial charge is 0.126 e. The molecule has 0 aromatic heterocycles. The van der Waals surface area contributed by atoms with E-state index in [0.717, 1.165) is 6.42 Å². The molecular weight excluding hydrogens is 596 g/mol. The van der Waals surface area contributed by atoms with Crippen LogP contribution in [0, 0.1) is 28.1 Å². The SMILES string of the molecule is CC(C)=C1C=C2[C-]=c3c4c(c5c(c3=C2C(C2=CC(C(C)(C)C)=CC2C)C1(C)C)CC(C)(C)C=C5)C(C)(C)CCC4(C)C.[Zr]. The van der Waals surface area contributed by atoms with Crippen molar-refractivity contribution in [3.63, 3.8) is 0 Å². The van der Waals surface area contributed by atoms with Gasteiger partial charge >= 0.3 is 0 Å². The normalized spacial score (nSPS) is 27.1. The second-order valence-electron chi connectivity index (χ2n) is 18.1. The zero-order chi connectivity index (χ0) is 30.9. The third-order valence-corrected chi connectivity index (χ3v) is 11.5. The molecule has 1 aromatic carbocycles. The van der Waals surface area contributed by atoms with Crippen LogP contribution in [0.4, 0.5) is 0 Å². The van der Waals surface area contributed by atoms with Crippen LogP contribution in [-0.2, 0) is 43.5 Å². The number of rotatable bonds is 1. The van der Waals surface area contributed by atoms with E-state index >= 15 is 0 Å². The van der Waals surface area contributed by atoms with Crippen LogP contribution in [0.2, 0.25) is 0 Å². The summed E-state index contributed by atoms with van der Waals surface area (Å²) in [6.45, 7) is 34.0. The summed E-state index contributed by atoms with van der Waals surface area (Å²) in [5, 5.41) is 2.97. The molecule has 0 heterocycles. The van der Waals surface area contributed by atoms with E-state index in [1.54, 1.807) is 33.1 Å². The topological polar surface area (TPSA) is 0 Å². The minimum atomic E-state index is -0.0141. The first kappa shape index (κ1) is 32.9. The van der Waals surface area contributed by atoms with Crippen LogP contribution in [0.3, 0.4) is 0 Å². The molecule has 0 N–H and O–H groups in total. The Morgan fingerprint density at radius 1 is 0.884 bits per heavy atom. The molecule has 2 unspecified atom stereocenters. The molecule has 5 aliphatic rings. The molecule has 0 radical (unpaired) electrons. The molecule has 0 fully saturated rings. The van der Waals surface area contributed by atoms with Gasteiger partial charge < -0.3 is 0 Å². The van der Waals surface area contributed by atoms with Gasteiger partial charge in [-0.25, -0.2) is 0 Å². The Kier molecular flexibility index (Phi) is 7.67. The molecule has 1 heteroatoms. The van der Waals surface area contributed by atoms with Crippen molar-refractivity contribution in [2.45, 2.75) is 127 Å². The van der Waals surface area contributed by atoms with Crippen LogP contribution in [0.5, 0.6) is 0 Å². The van der Waals surface area contributed by atoms with E-state index in [0.29, 0.717) is 11.8 Å². The van der Waals surface area contributed by atoms with Crippen LogP contribution < -0.4 is 10.4 Å². The van der Waals surface area contributed by atoms with Crippen molar-refractivity contribution >= 4 is 17.7 Å². The summed E-state index contributed by atoms with van der Waals surface area (Å²) in [5.74, 6) is 0.746. The molecule has 0 bridgehead atoms. The van der Waals surface area contributed by atoms with E-state index < -0.39 is 0 Å². The smallest absolute Gasteiger partial charge is 0 e. The van der Waals surface area contributed by atoms with Gasteiger partial charge in [0.15, 0.2) is 0 Å². The van der Waals surface area contributed by atoms with Crippen molar-refractivity contribution < 1.29 is 26.2 Å². The standard InChI is InChI=1S/C42H55.Zr/c1-24(2)32-21-26-20-30-34(33(26)35(42(32,13)14)29-22-27(19-25(29)3)38(4,5)6)31-23-39(7,8)16-15-28(31)36-37(30)41(11,12)18-17-40(36,9)10;/h15-16,19,21-22,25,35H,17-18,23H2,1-14H3;/q-1;. The second kappa shape index (κ2) is 10.0. The molecule has 0 aliphatic heterocycles. The predicted molar refractivity (Wildman–Crippen MR) is 183 cm³/mol. The van der Waals surface area contributed by atoms with E-state index in [4.69, 9.17) is 0 Å². The molecule has 228 valence electrons. The van der Waals surface area contributed by atoms with Crippen LogP contribution in [0.1, 0.15) is 132 Å². The Morgan fingerprint density at radius 2 is 1.49 bits per heavy atom. The molecule has 43 heavy (non-hydrogen) atoms. The molecule has 1 aromatic rings. The van der Waals surface area contributed by atoms with Gasteiger partial charge in [0, 0.05) is 26.2 Å². The number of hydrogen-bond acceptors (Lipinski definition) is 0. The Bertz CT molecular complexity index is 1690. The van der Waals surface area contributed by atoms with E-state index in [9.17, 15) is 0 Å². The fraction of sp³-hybridized carbons (Fsp3) is 0.571. The second-order valence-corrected chi connectivity index (χ2v) is 18.1. The predicted octanol–water partition coefficient (Wildman–Crippen LogP) is 9.92. The summed E-state index contributed by atoms with van der Waals surface area (Å²) in [7, 11) is 0. The number of fused-ring (bicyclic) bond motifs is 7.